The predicted octanol–water partition coefficient (Wildman–Crippen LogP) is 4.35. The Labute approximate surface area is 170 Å². The average molecular weight is 397 g/mol. The van der Waals surface area contributed by atoms with Crippen LogP contribution in [0.3, 0.4) is 0 Å². The molecule has 1 aliphatic rings. The summed E-state index contributed by atoms with van der Waals surface area (Å²) < 4.78 is 11.5. The third kappa shape index (κ3) is 6.06. The quantitative estimate of drug-likeness (QED) is 0.647. The molecule has 1 aliphatic heterocycles. The van der Waals surface area contributed by atoms with E-state index in [0.717, 1.165) is 18.4 Å². The minimum absolute atomic E-state index is 0.0506. The number of aliphatic carboxylic acids is 1. The number of hydrogen-bond donors (Lipinski definition) is 2. The summed E-state index contributed by atoms with van der Waals surface area (Å²) in [5.41, 5.74) is 2.90. The fourth-order valence-corrected chi connectivity index (χ4v) is 3.42. The van der Waals surface area contributed by atoms with E-state index in [1.165, 1.54) is 5.56 Å². The summed E-state index contributed by atoms with van der Waals surface area (Å²) in [4.78, 5) is 23.4. The fraction of sp³-hybridized carbons (Fsp3) is 0.391. The van der Waals surface area contributed by atoms with Crippen LogP contribution in [0.5, 0.6) is 5.75 Å². The number of benzene rings is 2. The smallest absolute Gasteiger partial charge is 0.303 e. The van der Waals surface area contributed by atoms with Gasteiger partial charge in [0.2, 0.25) is 5.91 Å². The number of carbonyl (C=O) groups is 2. The molecule has 2 N–H and O–H groups in total. The fourth-order valence-electron chi connectivity index (χ4n) is 3.42. The van der Waals surface area contributed by atoms with Crippen LogP contribution in [0, 0.1) is 12.8 Å². The zero-order valence-electron chi connectivity index (χ0n) is 16.6. The summed E-state index contributed by atoms with van der Waals surface area (Å²) in [7, 11) is 0. The van der Waals surface area contributed by atoms with Gasteiger partial charge in [0.25, 0.3) is 0 Å². The molecule has 1 amide bonds. The van der Waals surface area contributed by atoms with Crippen LogP contribution >= 0.6 is 0 Å². The minimum Gasteiger partial charge on any atom is -0.494 e. The van der Waals surface area contributed by atoms with Gasteiger partial charge >= 0.3 is 5.97 Å². The predicted molar refractivity (Wildman–Crippen MR) is 110 cm³/mol. The number of aryl methyl sites for hydroxylation is 1. The third-order valence-corrected chi connectivity index (χ3v) is 4.99. The summed E-state index contributed by atoms with van der Waals surface area (Å²) in [5.74, 6) is -0.474. The first-order chi connectivity index (χ1) is 14.0. The van der Waals surface area contributed by atoms with Crippen LogP contribution in [0.2, 0.25) is 0 Å². The van der Waals surface area contributed by atoms with Crippen molar-refractivity contribution in [2.24, 2.45) is 5.92 Å². The summed E-state index contributed by atoms with van der Waals surface area (Å²) in [6, 6.07) is 15.2. The molecule has 3 rings (SSSR count). The molecule has 0 bridgehead atoms. The Morgan fingerprint density at radius 1 is 1.14 bits per heavy atom. The molecule has 2 aromatic rings. The summed E-state index contributed by atoms with van der Waals surface area (Å²) in [5, 5.41) is 11.6. The molecule has 0 aromatic heterocycles. The van der Waals surface area contributed by atoms with E-state index in [1.54, 1.807) is 24.3 Å². The van der Waals surface area contributed by atoms with Gasteiger partial charge in [-0.3, -0.25) is 9.59 Å². The summed E-state index contributed by atoms with van der Waals surface area (Å²) in [6.07, 6.45) is 1.95. The number of carbonyl (C=O) groups excluding carboxylic acids is 1. The van der Waals surface area contributed by atoms with Gasteiger partial charge in [-0.05, 0) is 56.0 Å². The standard InChI is InChI=1S/C23H27NO5/c1-16-6-8-17(9-7-16)22-20(4-2-15-29-22)23(27)24-18-10-12-19(13-11-18)28-14-3-5-21(25)26/h6-13,20,22H,2-5,14-15H2,1H3,(H,24,27)(H,25,26). The lowest BCUT2D eigenvalue weighted by Gasteiger charge is -2.31. The first-order valence-corrected chi connectivity index (χ1v) is 9.96. The van der Waals surface area contributed by atoms with E-state index in [-0.39, 0.29) is 24.3 Å². The van der Waals surface area contributed by atoms with Crippen LogP contribution in [-0.2, 0) is 14.3 Å². The molecule has 2 unspecified atom stereocenters. The second kappa shape index (κ2) is 10.1. The Balaban J connectivity index is 1.58. The van der Waals surface area contributed by atoms with Crippen molar-refractivity contribution in [2.45, 2.75) is 38.7 Å². The van der Waals surface area contributed by atoms with Crippen molar-refractivity contribution < 1.29 is 24.2 Å². The van der Waals surface area contributed by atoms with Crippen LogP contribution in [-0.4, -0.2) is 30.2 Å². The molecule has 1 fully saturated rings. The second-order valence-corrected chi connectivity index (χ2v) is 7.31. The molecule has 0 spiro atoms. The third-order valence-electron chi connectivity index (χ3n) is 4.99. The number of rotatable bonds is 8. The number of carboxylic acids is 1. The zero-order valence-corrected chi connectivity index (χ0v) is 16.6. The molecule has 29 heavy (non-hydrogen) atoms. The molecular formula is C23H27NO5. The van der Waals surface area contributed by atoms with E-state index >= 15 is 0 Å². The van der Waals surface area contributed by atoms with Crippen molar-refractivity contribution in [3.8, 4) is 5.75 Å². The van der Waals surface area contributed by atoms with E-state index in [1.807, 2.05) is 31.2 Å². The molecule has 0 aliphatic carbocycles. The van der Waals surface area contributed by atoms with Crippen molar-refractivity contribution in [3.05, 3.63) is 59.7 Å². The molecule has 2 atom stereocenters. The van der Waals surface area contributed by atoms with Crippen LogP contribution < -0.4 is 10.1 Å². The molecule has 1 saturated heterocycles. The highest BCUT2D eigenvalue weighted by molar-refractivity contribution is 5.93. The van der Waals surface area contributed by atoms with E-state index in [9.17, 15) is 9.59 Å². The van der Waals surface area contributed by atoms with E-state index in [2.05, 4.69) is 5.32 Å². The van der Waals surface area contributed by atoms with E-state index in [0.29, 0.717) is 31.1 Å². The Morgan fingerprint density at radius 3 is 2.55 bits per heavy atom. The molecule has 0 saturated carbocycles. The van der Waals surface area contributed by atoms with Crippen LogP contribution in [0.4, 0.5) is 5.69 Å². The minimum atomic E-state index is -0.831. The number of nitrogens with one attached hydrogen (secondary N) is 1. The number of amides is 1. The summed E-state index contributed by atoms with van der Waals surface area (Å²) in [6.45, 7) is 3.04. The number of hydrogen-bond acceptors (Lipinski definition) is 4. The zero-order chi connectivity index (χ0) is 20.6. The molecular weight excluding hydrogens is 370 g/mol. The van der Waals surface area contributed by atoms with Crippen molar-refractivity contribution in [1.29, 1.82) is 0 Å². The topological polar surface area (TPSA) is 84.9 Å². The van der Waals surface area contributed by atoms with Gasteiger partial charge in [-0.1, -0.05) is 29.8 Å². The van der Waals surface area contributed by atoms with Gasteiger partial charge in [0.05, 0.1) is 18.6 Å². The largest absolute Gasteiger partial charge is 0.494 e. The first-order valence-electron chi connectivity index (χ1n) is 9.96. The van der Waals surface area contributed by atoms with E-state index < -0.39 is 5.97 Å². The Bertz CT molecular complexity index is 816. The van der Waals surface area contributed by atoms with Crippen LogP contribution in [0.25, 0.3) is 0 Å². The molecule has 6 nitrogen and oxygen atoms in total. The van der Waals surface area contributed by atoms with Crippen molar-refractivity contribution in [1.82, 2.24) is 0 Å². The van der Waals surface area contributed by atoms with Gasteiger partial charge < -0.3 is 19.9 Å². The highest BCUT2D eigenvalue weighted by atomic mass is 16.5. The number of carboxylic acid groups (broad SMARTS) is 1. The molecule has 0 radical (unpaired) electrons. The van der Waals surface area contributed by atoms with Gasteiger partial charge in [0, 0.05) is 18.7 Å². The van der Waals surface area contributed by atoms with Crippen LogP contribution in [0.1, 0.15) is 42.9 Å². The average Bonchev–Trinajstić information content (AvgIpc) is 2.73. The van der Waals surface area contributed by atoms with Crippen LogP contribution in [0.15, 0.2) is 48.5 Å². The lowest BCUT2D eigenvalue weighted by Crippen LogP contribution is -2.33. The number of ether oxygens (including phenoxy) is 2. The molecule has 154 valence electrons. The van der Waals surface area contributed by atoms with Crippen molar-refractivity contribution >= 4 is 17.6 Å². The van der Waals surface area contributed by atoms with Crippen molar-refractivity contribution in [2.75, 3.05) is 18.5 Å². The normalized spacial score (nSPS) is 18.8. The van der Waals surface area contributed by atoms with E-state index in [4.69, 9.17) is 14.6 Å². The SMILES string of the molecule is Cc1ccc(C2OCCCC2C(=O)Nc2ccc(OCCCC(=O)O)cc2)cc1. The maximum atomic E-state index is 12.9. The van der Waals surface area contributed by atoms with Gasteiger partial charge in [-0.15, -0.1) is 0 Å². The second-order valence-electron chi connectivity index (χ2n) is 7.31. The van der Waals surface area contributed by atoms with Crippen molar-refractivity contribution in [3.63, 3.8) is 0 Å². The maximum Gasteiger partial charge on any atom is 0.303 e. The lowest BCUT2D eigenvalue weighted by atomic mass is 9.88. The highest BCUT2D eigenvalue weighted by Crippen LogP contribution is 2.34. The summed E-state index contributed by atoms with van der Waals surface area (Å²) >= 11 is 0. The Morgan fingerprint density at radius 2 is 1.86 bits per heavy atom. The maximum absolute atomic E-state index is 12.9. The van der Waals surface area contributed by atoms with Gasteiger partial charge in [-0.2, -0.15) is 0 Å². The number of anilines is 1. The van der Waals surface area contributed by atoms with Gasteiger partial charge in [0.15, 0.2) is 0 Å². The Hall–Kier alpha value is -2.86. The Kier molecular flexibility index (Phi) is 7.25. The van der Waals surface area contributed by atoms with Gasteiger partial charge in [-0.25, -0.2) is 0 Å². The molecule has 6 heteroatoms. The lowest BCUT2D eigenvalue weighted by molar-refractivity contribution is -0.137. The highest BCUT2D eigenvalue weighted by Gasteiger charge is 2.33. The molecule has 1 heterocycles. The van der Waals surface area contributed by atoms with Gasteiger partial charge in [0.1, 0.15) is 5.75 Å². The monoisotopic (exact) mass is 397 g/mol. The molecule has 2 aromatic carbocycles. The first kappa shape index (κ1) is 20.9.